The Morgan fingerprint density at radius 2 is 1.62 bits per heavy atom. The zero-order valence-electron chi connectivity index (χ0n) is 14.5. The van der Waals surface area contributed by atoms with Crippen molar-refractivity contribution in [3.05, 3.63) is 59.7 Å². The molecule has 0 bridgehead atoms. The number of benzene rings is 2. The molecule has 0 aliphatic rings. The van der Waals surface area contributed by atoms with Gasteiger partial charge in [-0.1, -0.05) is 19.1 Å². The maximum atomic E-state index is 12.1. The van der Waals surface area contributed by atoms with Crippen LogP contribution in [0.1, 0.15) is 34.1 Å². The summed E-state index contributed by atoms with van der Waals surface area (Å²) in [6.07, 6.45) is 0.862. The fourth-order valence-corrected chi connectivity index (χ4v) is 2.25. The molecule has 0 spiro atoms. The number of carbonyl (C=O) groups excluding carboxylic acids is 3. The van der Waals surface area contributed by atoms with Gasteiger partial charge in [0, 0.05) is 29.0 Å². The molecule has 0 aliphatic carbocycles. The molecule has 2 rings (SSSR count). The molecule has 7 nitrogen and oxygen atoms in total. The topological polar surface area (TPSA) is 113 Å². The molecule has 0 aliphatic heterocycles. The molecule has 0 saturated heterocycles. The van der Waals surface area contributed by atoms with Gasteiger partial charge in [-0.05, 0) is 42.8 Å². The fraction of sp³-hybridized carbons (Fsp3) is 0.211. The highest BCUT2D eigenvalue weighted by Gasteiger charge is 2.07. The van der Waals surface area contributed by atoms with Crippen molar-refractivity contribution in [1.82, 2.24) is 5.32 Å². The van der Waals surface area contributed by atoms with Gasteiger partial charge in [0.1, 0.15) is 0 Å². The molecular formula is C19H22N4O3. The van der Waals surface area contributed by atoms with Gasteiger partial charge in [-0.3, -0.25) is 14.4 Å². The molecule has 2 aromatic rings. The fourth-order valence-electron chi connectivity index (χ4n) is 2.25. The summed E-state index contributed by atoms with van der Waals surface area (Å²) in [5, 5.41) is 8.46. The van der Waals surface area contributed by atoms with E-state index in [1.165, 1.54) is 6.07 Å². The molecule has 0 aromatic heterocycles. The molecule has 0 unspecified atom stereocenters. The number of anilines is 2. The van der Waals surface area contributed by atoms with Crippen LogP contribution in [0.3, 0.4) is 0 Å². The van der Waals surface area contributed by atoms with Crippen LogP contribution in [0.5, 0.6) is 0 Å². The predicted octanol–water partition coefficient (Wildman–Crippen LogP) is 1.98. The summed E-state index contributed by atoms with van der Waals surface area (Å²) in [4.78, 5) is 35.2. The zero-order valence-corrected chi connectivity index (χ0v) is 14.5. The number of carbonyl (C=O) groups is 3. The van der Waals surface area contributed by atoms with Crippen LogP contribution in [-0.4, -0.2) is 30.8 Å². The molecule has 5 N–H and O–H groups in total. The number of rotatable bonds is 8. The highest BCUT2D eigenvalue weighted by atomic mass is 16.2. The van der Waals surface area contributed by atoms with Crippen molar-refractivity contribution in [3.63, 3.8) is 0 Å². The van der Waals surface area contributed by atoms with Crippen molar-refractivity contribution in [2.75, 3.05) is 23.7 Å². The van der Waals surface area contributed by atoms with E-state index >= 15 is 0 Å². The first kappa shape index (κ1) is 19.0. The number of primary amides is 1. The lowest BCUT2D eigenvalue weighted by Gasteiger charge is -2.10. The van der Waals surface area contributed by atoms with E-state index in [1.807, 2.05) is 6.92 Å². The summed E-state index contributed by atoms with van der Waals surface area (Å²) >= 11 is 0. The third-order valence-electron chi connectivity index (χ3n) is 3.54. The van der Waals surface area contributed by atoms with Crippen molar-refractivity contribution in [3.8, 4) is 0 Å². The highest BCUT2D eigenvalue weighted by molar-refractivity contribution is 5.98. The number of hydrogen-bond donors (Lipinski definition) is 4. The SMILES string of the molecule is CCCNC(=O)c1cccc(NCC(=O)Nc2cccc(C(N)=O)c2)c1. The Morgan fingerprint density at radius 1 is 0.962 bits per heavy atom. The van der Waals surface area contributed by atoms with E-state index in [-0.39, 0.29) is 18.4 Å². The standard InChI is InChI=1S/C19H22N4O3/c1-2-9-21-19(26)14-6-4-7-15(11-14)22-12-17(24)23-16-8-3-5-13(10-16)18(20)25/h3-8,10-11,22H,2,9,12H2,1H3,(H2,20,25)(H,21,26)(H,23,24). The molecule has 2 aromatic carbocycles. The van der Waals surface area contributed by atoms with Crippen LogP contribution >= 0.6 is 0 Å². The smallest absolute Gasteiger partial charge is 0.251 e. The van der Waals surface area contributed by atoms with Gasteiger partial charge in [0.05, 0.1) is 6.54 Å². The molecular weight excluding hydrogens is 332 g/mol. The van der Waals surface area contributed by atoms with E-state index in [0.717, 1.165) is 6.42 Å². The first-order chi connectivity index (χ1) is 12.5. The van der Waals surface area contributed by atoms with Crippen LogP contribution in [0.2, 0.25) is 0 Å². The van der Waals surface area contributed by atoms with Crippen LogP contribution in [0.4, 0.5) is 11.4 Å². The van der Waals surface area contributed by atoms with E-state index in [4.69, 9.17) is 5.73 Å². The van der Waals surface area contributed by atoms with E-state index in [1.54, 1.807) is 42.5 Å². The average molecular weight is 354 g/mol. The van der Waals surface area contributed by atoms with Crippen LogP contribution in [0.25, 0.3) is 0 Å². The van der Waals surface area contributed by atoms with E-state index in [0.29, 0.717) is 29.0 Å². The van der Waals surface area contributed by atoms with Gasteiger partial charge in [-0.2, -0.15) is 0 Å². The Balaban J connectivity index is 1.92. The second-order valence-corrected chi connectivity index (χ2v) is 5.68. The monoisotopic (exact) mass is 354 g/mol. The summed E-state index contributed by atoms with van der Waals surface area (Å²) < 4.78 is 0. The molecule has 3 amide bonds. The zero-order chi connectivity index (χ0) is 18.9. The van der Waals surface area contributed by atoms with E-state index < -0.39 is 5.91 Å². The lowest BCUT2D eigenvalue weighted by Crippen LogP contribution is -2.24. The van der Waals surface area contributed by atoms with Crippen molar-refractivity contribution < 1.29 is 14.4 Å². The first-order valence-electron chi connectivity index (χ1n) is 8.31. The molecule has 0 radical (unpaired) electrons. The minimum Gasteiger partial charge on any atom is -0.376 e. The average Bonchev–Trinajstić information content (AvgIpc) is 2.65. The quantitative estimate of drug-likeness (QED) is 0.580. The van der Waals surface area contributed by atoms with Gasteiger partial charge in [0.25, 0.3) is 5.91 Å². The summed E-state index contributed by atoms with van der Waals surface area (Å²) in [7, 11) is 0. The molecule has 136 valence electrons. The summed E-state index contributed by atoms with van der Waals surface area (Å²) in [5.41, 5.74) is 7.22. The number of hydrogen-bond acceptors (Lipinski definition) is 4. The van der Waals surface area contributed by atoms with E-state index in [2.05, 4.69) is 16.0 Å². The van der Waals surface area contributed by atoms with Gasteiger partial charge in [-0.25, -0.2) is 0 Å². The Morgan fingerprint density at radius 3 is 2.31 bits per heavy atom. The van der Waals surface area contributed by atoms with Crippen LogP contribution in [0.15, 0.2) is 48.5 Å². The van der Waals surface area contributed by atoms with Crippen molar-refractivity contribution >= 4 is 29.1 Å². The van der Waals surface area contributed by atoms with Gasteiger partial charge >= 0.3 is 0 Å². The summed E-state index contributed by atoms with van der Waals surface area (Å²) in [5.74, 6) is -0.993. The van der Waals surface area contributed by atoms with Crippen molar-refractivity contribution in [2.24, 2.45) is 5.73 Å². The summed E-state index contributed by atoms with van der Waals surface area (Å²) in [6.45, 7) is 2.61. The number of nitrogens with one attached hydrogen (secondary N) is 3. The Kier molecular flexibility index (Phi) is 6.73. The predicted molar refractivity (Wildman–Crippen MR) is 101 cm³/mol. The maximum Gasteiger partial charge on any atom is 0.251 e. The van der Waals surface area contributed by atoms with Crippen molar-refractivity contribution in [2.45, 2.75) is 13.3 Å². The Bertz CT molecular complexity index is 805. The van der Waals surface area contributed by atoms with Crippen LogP contribution in [-0.2, 0) is 4.79 Å². The van der Waals surface area contributed by atoms with Crippen LogP contribution < -0.4 is 21.7 Å². The van der Waals surface area contributed by atoms with Gasteiger partial charge in [-0.15, -0.1) is 0 Å². The first-order valence-corrected chi connectivity index (χ1v) is 8.31. The van der Waals surface area contributed by atoms with Crippen LogP contribution in [0, 0.1) is 0 Å². The van der Waals surface area contributed by atoms with Gasteiger partial charge in [0.2, 0.25) is 11.8 Å². The van der Waals surface area contributed by atoms with Crippen molar-refractivity contribution in [1.29, 1.82) is 0 Å². The lowest BCUT2D eigenvalue weighted by atomic mass is 10.2. The lowest BCUT2D eigenvalue weighted by molar-refractivity contribution is -0.114. The molecule has 0 heterocycles. The third kappa shape index (κ3) is 5.62. The largest absolute Gasteiger partial charge is 0.376 e. The molecule has 26 heavy (non-hydrogen) atoms. The maximum absolute atomic E-state index is 12.1. The van der Waals surface area contributed by atoms with Gasteiger partial charge < -0.3 is 21.7 Å². The second-order valence-electron chi connectivity index (χ2n) is 5.68. The molecule has 7 heteroatoms. The molecule has 0 atom stereocenters. The second kappa shape index (κ2) is 9.22. The Labute approximate surface area is 152 Å². The molecule has 0 saturated carbocycles. The van der Waals surface area contributed by atoms with Gasteiger partial charge in [0.15, 0.2) is 0 Å². The minimum absolute atomic E-state index is 0.0147. The normalized spacial score (nSPS) is 10.0. The minimum atomic E-state index is -0.558. The molecule has 0 fully saturated rings. The number of nitrogens with two attached hydrogens (primary N) is 1. The number of amides is 3. The third-order valence-corrected chi connectivity index (χ3v) is 3.54. The summed E-state index contributed by atoms with van der Waals surface area (Å²) in [6, 6.07) is 13.3. The highest BCUT2D eigenvalue weighted by Crippen LogP contribution is 2.12. The van der Waals surface area contributed by atoms with E-state index in [9.17, 15) is 14.4 Å². The Hall–Kier alpha value is -3.35.